The summed E-state index contributed by atoms with van der Waals surface area (Å²) >= 11 is 0. The molecule has 2 rings (SSSR count). The Balaban J connectivity index is 2.29. The molecule has 0 bridgehead atoms. The van der Waals surface area contributed by atoms with Crippen molar-refractivity contribution in [3.05, 3.63) is 42.2 Å². The molecule has 19 heavy (non-hydrogen) atoms. The minimum atomic E-state index is -4.76. The van der Waals surface area contributed by atoms with E-state index in [1.807, 2.05) is 0 Å². The van der Waals surface area contributed by atoms with E-state index in [4.69, 9.17) is 10.2 Å². The molecule has 0 fully saturated rings. The second-order valence-corrected chi connectivity index (χ2v) is 3.60. The van der Waals surface area contributed by atoms with Crippen LogP contribution in [0.15, 0.2) is 40.8 Å². The van der Waals surface area contributed by atoms with Crippen LogP contribution in [0.2, 0.25) is 0 Å². The molecule has 0 unspecified atom stereocenters. The van der Waals surface area contributed by atoms with E-state index in [1.165, 1.54) is 24.3 Å². The first-order valence-electron chi connectivity index (χ1n) is 5.11. The monoisotopic (exact) mass is 271 g/mol. The summed E-state index contributed by atoms with van der Waals surface area (Å²) in [6, 6.07) is 7.99. The Hall–Kier alpha value is -2.44. The van der Waals surface area contributed by atoms with E-state index < -0.39 is 12.3 Å². The number of hydrogen-bond acceptors (Lipinski definition) is 3. The standard InChI is InChI=1S/C12H8F3NO3/c13-12(14,15)19-8-3-1-2-7(6-8)9-4-5-10(18-9)11(16)17/h1-6H,(H2,16,17). The highest BCUT2D eigenvalue weighted by Crippen LogP contribution is 2.28. The summed E-state index contributed by atoms with van der Waals surface area (Å²) in [7, 11) is 0. The third kappa shape index (κ3) is 3.27. The lowest BCUT2D eigenvalue weighted by Crippen LogP contribution is -2.17. The van der Waals surface area contributed by atoms with Crippen LogP contribution in [-0.2, 0) is 0 Å². The van der Waals surface area contributed by atoms with Gasteiger partial charge in [0.1, 0.15) is 11.5 Å². The van der Waals surface area contributed by atoms with Crippen LogP contribution in [0.1, 0.15) is 10.6 Å². The second kappa shape index (κ2) is 4.68. The summed E-state index contributed by atoms with van der Waals surface area (Å²) in [5, 5.41) is 0. The van der Waals surface area contributed by atoms with Crippen LogP contribution in [0.5, 0.6) is 5.75 Å². The molecule has 1 aromatic heterocycles. The van der Waals surface area contributed by atoms with E-state index in [2.05, 4.69) is 4.74 Å². The number of amides is 1. The van der Waals surface area contributed by atoms with Gasteiger partial charge in [-0.1, -0.05) is 12.1 Å². The molecule has 2 aromatic rings. The van der Waals surface area contributed by atoms with Crippen LogP contribution < -0.4 is 10.5 Å². The number of carbonyl (C=O) groups is 1. The van der Waals surface area contributed by atoms with Gasteiger partial charge in [-0.25, -0.2) is 0 Å². The van der Waals surface area contributed by atoms with Gasteiger partial charge in [0.2, 0.25) is 0 Å². The molecule has 0 aliphatic carbocycles. The highest BCUT2D eigenvalue weighted by molar-refractivity contribution is 5.90. The van der Waals surface area contributed by atoms with Gasteiger partial charge in [0, 0.05) is 5.56 Å². The smallest absolute Gasteiger partial charge is 0.451 e. The predicted molar refractivity (Wildman–Crippen MR) is 59.3 cm³/mol. The van der Waals surface area contributed by atoms with Crippen molar-refractivity contribution in [1.82, 2.24) is 0 Å². The van der Waals surface area contributed by atoms with Crippen molar-refractivity contribution < 1.29 is 27.1 Å². The molecule has 0 aliphatic rings. The first kappa shape index (κ1) is 13.0. The van der Waals surface area contributed by atoms with E-state index in [9.17, 15) is 18.0 Å². The van der Waals surface area contributed by atoms with Crippen LogP contribution in [0.4, 0.5) is 13.2 Å². The fourth-order valence-electron chi connectivity index (χ4n) is 1.47. The first-order valence-corrected chi connectivity index (χ1v) is 5.11. The van der Waals surface area contributed by atoms with Crippen molar-refractivity contribution >= 4 is 5.91 Å². The molecular weight excluding hydrogens is 263 g/mol. The predicted octanol–water partition coefficient (Wildman–Crippen LogP) is 2.94. The molecule has 0 aliphatic heterocycles. The van der Waals surface area contributed by atoms with Crippen LogP contribution in [-0.4, -0.2) is 12.3 Å². The summed E-state index contributed by atoms with van der Waals surface area (Å²) in [5.41, 5.74) is 5.35. The number of hydrogen-bond donors (Lipinski definition) is 1. The normalized spacial score (nSPS) is 11.3. The summed E-state index contributed by atoms with van der Waals surface area (Å²) in [5.74, 6) is -0.977. The summed E-state index contributed by atoms with van der Waals surface area (Å²) in [6.07, 6.45) is -4.76. The Morgan fingerprint density at radius 2 is 1.95 bits per heavy atom. The molecule has 0 atom stereocenters. The molecule has 4 nitrogen and oxygen atoms in total. The molecule has 1 aromatic carbocycles. The summed E-state index contributed by atoms with van der Waals surface area (Å²) in [4.78, 5) is 10.9. The Morgan fingerprint density at radius 1 is 1.21 bits per heavy atom. The topological polar surface area (TPSA) is 65.5 Å². The third-order valence-electron chi connectivity index (χ3n) is 2.20. The number of nitrogens with two attached hydrogens (primary N) is 1. The minimum Gasteiger partial charge on any atom is -0.451 e. The lowest BCUT2D eigenvalue weighted by Gasteiger charge is -2.09. The van der Waals surface area contributed by atoms with Crippen LogP contribution in [0, 0.1) is 0 Å². The van der Waals surface area contributed by atoms with Gasteiger partial charge in [0.25, 0.3) is 5.91 Å². The Kier molecular flexibility index (Phi) is 3.20. The third-order valence-corrected chi connectivity index (χ3v) is 2.20. The summed E-state index contributed by atoms with van der Waals surface area (Å²) in [6.45, 7) is 0. The molecule has 7 heteroatoms. The maximum absolute atomic E-state index is 12.1. The average molecular weight is 271 g/mol. The number of halogens is 3. The number of rotatable bonds is 3. The lowest BCUT2D eigenvalue weighted by molar-refractivity contribution is -0.274. The van der Waals surface area contributed by atoms with Crippen molar-refractivity contribution in [2.45, 2.75) is 6.36 Å². The van der Waals surface area contributed by atoms with Crippen LogP contribution >= 0.6 is 0 Å². The molecule has 0 saturated heterocycles. The fourth-order valence-corrected chi connectivity index (χ4v) is 1.47. The van der Waals surface area contributed by atoms with Gasteiger partial charge in [-0.05, 0) is 24.3 Å². The van der Waals surface area contributed by atoms with Gasteiger partial charge in [-0.15, -0.1) is 13.2 Å². The maximum Gasteiger partial charge on any atom is 0.573 e. The molecule has 0 spiro atoms. The molecule has 1 heterocycles. The molecule has 100 valence electrons. The molecule has 2 N–H and O–H groups in total. The van der Waals surface area contributed by atoms with Gasteiger partial charge in [0.15, 0.2) is 5.76 Å². The highest BCUT2D eigenvalue weighted by atomic mass is 19.4. The van der Waals surface area contributed by atoms with E-state index in [0.29, 0.717) is 5.56 Å². The number of furan rings is 1. The number of alkyl halides is 3. The Bertz CT molecular complexity index is 604. The number of benzene rings is 1. The van der Waals surface area contributed by atoms with E-state index in [0.717, 1.165) is 12.1 Å². The van der Waals surface area contributed by atoms with E-state index in [-0.39, 0.29) is 17.3 Å². The molecular formula is C12H8F3NO3. The Labute approximate surface area is 105 Å². The van der Waals surface area contributed by atoms with Gasteiger partial charge in [-0.3, -0.25) is 4.79 Å². The molecule has 0 radical (unpaired) electrons. The summed E-state index contributed by atoms with van der Waals surface area (Å²) < 4.78 is 45.1. The SMILES string of the molecule is NC(=O)c1ccc(-c2cccc(OC(F)(F)F)c2)o1. The van der Waals surface area contributed by atoms with Crippen molar-refractivity contribution in [2.75, 3.05) is 0 Å². The fraction of sp³-hybridized carbons (Fsp3) is 0.0833. The van der Waals surface area contributed by atoms with Crippen molar-refractivity contribution in [2.24, 2.45) is 5.73 Å². The lowest BCUT2D eigenvalue weighted by atomic mass is 10.2. The zero-order chi connectivity index (χ0) is 14.0. The van der Waals surface area contributed by atoms with Crippen LogP contribution in [0.3, 0.4) is 0 Å². The van der Waals surface area contributed by atoms with Crippen molar-refractivity contribution in [1.29, 1.82) is 0 Å². The number of primary amides is 1. The molecule has 1 amide bonds. The largest absolute Gasteiger partial charge is 0.573 e. The number of carbonyl (C=O) groups excluding carboxylic acids is 1. The average Bonchev–Trinajstić information content (AvgIpc) is 2.76. The second-order valence-electron chi connectivity index (χ2n) is 3.60. The van der Waals surface area contributed by atoms with Gasteiger partial charge >= 0.3 is 6.36 Å². The molecule has 0 saturated carbocycles. The van der Waals surface area contributed by atoms with Gasteiger partial charge < -0.3 is 14.9 Å². The quantitative estimate of drug-likeness (QED) is 0.933. The highest BCUT2D eigenvalue weighted by Gasteiger charge is 2.31. The Morgan fingerprint density at radius 3 is 2.53 bits per heavy atom. The van der Waals surface area contributed by atoms with Gasteiger partial charge in [-0.2, -0.15) is 0 Å². The number of ether oxygens (including phenoxy) is 1. The van der Waals surface area contributed by atoms with E-state index in [1.54, 1.807) is 0 Å². The van der Waals surface area contributed by atoms with Crippen LogP contribution in [0.25, 0.3) is 11.3 Å². The minimum absolute atomic E-state index is 0.0721. The first-order chi connectivity index (χ1) is 8.85. The zero-order valence-electron chi connectivity index (χ0n) is 9.40. The van der Waals surface area contributed by atoms with Gasteiger partial charge in [0.05, 0.1) is 0 Å². The van der Waals surface area contributed by atoms with Crippen molar-refractivity contribution in [3.63, 3.8) is 0 Å². The van der Waals surface area contributed by atoms with E-state index >= 15 is 0 Å². The maximum atomic E-state index is 12.1. The zero-order valence-corrected chi connectivity index (χ0v) is 9.40. The van der Waals surface area contributed by atoms with Crippen molar-refractivity contribution in [3.8, 4) is 17.1 Å².